The summed E-state index contributed by atoms with van der Waals surface area (Å²) in [6.45, 7) is 2.60. The first-order chi connectivity index (χ1) is 19.6. The van der Waals surface area contributed by atoms with Gasteiger partial charge in [-0.1, -0.05) is 54.8 Å². The van der Waals surface area contributed by atoms with E-state index in [1.807, 2.05) is 6.92 Å². The highest BCUT2D eigenvalue weighted by Gasteiger charge is 2.33. The molecule has 0 aliphatic heterocycles. The van der Waals surface area contributed by atoms with Gasteiger partial charge in [-0.25, -0.2) is 12.8 Å². The Hall–Kier alpha value is -3.92. The Morgan fingerprint density at radius 2 is 1.71 bits per heavy atom. The van der Waals surface area contributed by atoms with E-state index in [-0.39, 0.29) is 34.6 Å². The number of amides is 2. The van der Waals surface area contributed by atoms with E-state index >= 15 is 0 Å². The molecule has 1 aliphatic carbocycles. The van der Waals surface area contributed by atoms with Crippen LogP contribution in [-0.2, 0) is 26.2 Å². The zero-order chi connectivity index (χ0) is 29.6. The standard InChI is InChI=1S/C31H36FN3O5S/c1-22-15-17-28(18-16-22)41(38,39)35(26-12-8-13-27(19-26)40-3)21-30(36)34(20-24-9-4-7-14-29(24)32)23(2)31(37)33-25-10-5-6-11-25/h4,7-9,12-19,23,25H,5-6,10-11,20-21H2,1-3H3,(H,33,37)/t23-/m1/s1. The number of nitrogens with one attached hydrogen (secondary N) is 1. The van der Waals surface area contributed by atoms with Crippen LogP contribution in [0.4, 0.5) is 10.1 Å². The second-order valence-electron chi connectivity index (χ2n) is 10.3. The fourth-order valence-corrected chi connectivity index (χ4v) is 6.32. The Balaban J connectivity index is 1.71. The van der Waals surface area contributed by atoms with Crippen LogP contribution < -0.4 is 14.4 Å². The predicted molar refractivity (Wildman–Crippen MR) is 156 cm³/mol. The van der Waals surface area contributed by atoms with E-state index in [1.54, 1.807) is 55.5 Å². The van der Waals surface area contributed by atoms with Gasteiger partial charge in [-0.15, -0.1) is 0 Å². The van der Waals surface area contributed by atoms with Crippen molar-refractivity contribution in [2.45, 2.75) is 63.1 Å². The molecule has 8 nitrogen and oxygen atoms in total. The van der Waals surface area contributed by atoms with Crippen molar-refractivity contribution >= 4 is 27.5 Å². The molecule has 10 heteroatoms. The number of ether oxygens (including phenoxy) is 1. The second kappa shape index (κ2) is 13.2. The number of hydrogen-bond donors (Lipinski definition) is 1. The summed E-state index contributed by atoms with van der Waals surface area (Å²) in [5, 5.41) is 3.00. The van der Waals surface area contributed by atoms with Gasteiger partial charge in [0.15, 0.2) is 0 Å². The van der Waals surface area contributed by atoms with Crippen molar-refractivity contribution in [2.75, 3.05) is 18.0 Å². The number of nitrogens with zero attached hydrogens (tertiary/aromatic N) is 2. The van der Waals surface area contributed by atoms with Gasteiger partial charge < -0.3 is 15.0 Å². The van der Waals surface area contributed by atoms with E-state index < -0.39 is 34.3 Å². The quantitative estimate of drug-likeness (QED) is 0.351. The summed E-state index contributed by atoms with van der Waals surface area (Å²) >= 11 is 0. The molecule has 0 saturated heterocycles. The average Bonchev–Trinajstić information content (AvgIpc) is 3.48. The molecular weight excluding hydrogens is 545 g/mol. The first-order valence-electron chi connectivity index (χ1n) is 13.7. The van der Waals surface area contributed by atoms with Gasteiger partial charge in [0.05, 0.1) is 17.7 Å². The molecule has 4 rings (SSSR count). The minimum atomic E-state index is -4.21. The molecule has 1 saturated carbocycles. The van der Waals surface area contributed by atoms with Crippen LogP contribution in [0.5, 0.6) is 5.75 Å². The minimum Gasteiger partial charge on any atom is -0.497 e. The van der Waals surface area contributed by atoms with Crippen molar-refractivity contribution in [2.24, 2.45) is 0 Å². The number of aryl methyl sites for hydroxylation is 1. The van der Waals surface area contributed by atoms with Gasteiger partial charge in [0, 0.05) is 24.2 Å². The third-order valence-electron chi connectivity index (χ3n) is 7.40. The molecule has 0 spiro atoms. The van der Waals surface area contributed by atoms with E-state index in [9.17, 15) is 22.4 Å². The minimum absolute atomic E-state index is 0.00592. The number of hydrogen-bond acceptors (Lipinski definition) is 5. The van der Waals surface area contributed by atoms with Gasteiger partial charge in [0.2, 0.25) is 11.8 Å². The van der Waals surface area contributed by atoms with Crippen LogP contribution in [0, 0.1) is 12.7 Å². The van der Waals surface area contributed by atoms with Crippen LogP contribution in [-0.4, -0.2) is 50.9 Å². The molecule has 0 radical (unpaired) electrons. The fourth-order valence-electron chi connectivity index (χ4n) is 4.92. The number of methoxy groups -OCH3 is 1. The monoisotopic (exact) mass is 581 g/mol. The van der Waals surface area contributed by atoms with Gasteiger partial charge in [0.1, 0.15) is 24.2 Å². The van der Waals surface area contributed by atoms with E-state index in [1.165, 1.54) is 36.3 Å². The highest BCUT2D eigenvalue weighted by Crippen LogP contribution is 2.28. The first kappa shape index (κ1) is 30.0. The summed E-state index contributed by atoms with van der Waals surface area (Å²) in [6.07, 6.45) is 3.75. The lowest BCUT2D eigenvalue weighted by molar-refractivity contribution is -0.139. The molecule has 0 heterocycles. The van der Waals surface area contributed by atoms with Crippen molar-refractivity contribution in [1.29, 1.82) is 0 Å². The Morgan fingerprint density at radius 3 is 2.37 bits per heavy atom. The van der Waals surface area contributed by atoms with Gasteiger partial charge in [0.25, 0.3) is 10.0 Å². The molecule has 0 unspecified atom stereocenters. The zero-order valence-corrected chi connectivity index (χ0v) is 24.4. The third kappa shape index (κ3) is 7.24. The van der Waals surface area contributed by atoms with E-state index in [2.05, 4.69) is 5.32 Å². The van der Waals surface area contributed by atoms with Crippen molar-refractivity contribution in [3.8, 4) is 5.75 Å². The van der Waals surface area contributed by atoms with E-state index in [0.29, 0.717) is 5.75 Å². The van der Waals surface area contributed by atoms with Crippen molar-refractivity contribution in [3.63, 3.8) is 0 Å². The molecule has 0 aromatic heterocycles. The van der Waals surface area contributed by atoms with Crippen LogP contribution >= 0.6 is 0 Å². The number of sulfonamides is 1. The fraction of sp³-hybridized carbons (Fsp3) is 0.355. The lowest BCUT2D eigenvalue weighted by Crippen LogP contribution is -2.52. The van der Waals surface area contributed by atoms with Gasteiger partial charge in [-0.2, -0.15) is 0 Å². The molecule has 41 heavy (non-hydrogen) atoms. The zero-order valence-electron chi connectivity index (χ0n) is 23.5. The number of rotatable bonds is 11. The number of benzene rings is 3. The molecule has 1 fully saturated rings. The normalized spacial score (nSPS) is 14.3. The summed E-state index contributed by atoms with van der Waals surface area (Å²) < 4.78 is 48.9. The maximum Gasteiger partial charge on any atom is 0.264 e. The highest BCUT2D eigenvalue weighted by atomic mass is 32.2. The van der Waals surface area contributed by atoms with Crippen LogP contribution in [0.15, 0.2) is 77.7 Å². The molecule has 3 aromatic rings. The predicted octanol–water partition coefficient (Wildman–Crippen LogP) is 4.81. The molecule has 0 bridgehead atoms. The molecule has 3 aromatic carbocycles. The largest absolute Gasteiger partial charge is 0.497 e. The van der Waals surface area contributed by atoms with Crippen molar-refractivity contribution in [1.82, 2.24) is 10.2 Å². The van der Waals surface area contributed by atoms with Gasteiger partial charge in [-0.05, 0) is 57.0 Å². The summed E-state index contributed by atoms with van der Waals surface area (Å²) in [4.78, 5) is 28.5. The molecule has 218 valence electrons. The number of halogens is 1. The number of anilines is 1. The van der Waals surface area contributed by atoms with Gasteiger partial charge >= 0.3 is 0 Å². The smallest absolute Gasteiger partial charge is 0.264 e. The second-order valence-corrected chi connectivity index (χ2v) is 12.2. The molecule has 1 N–H and O–H groups in total. The highest BCUT2D eigenvalue weighted by molar-refractivity contribution is 7.92. The summed E-state index contributed by atoms with van der Waals surface area (Å²) in [6, 6.07) is 17.8. The Morgan fingerprint density at radius 1 is 1.02 bits per heavy atom. The lowest BCUT2D eigenvalue weighted by Gasteiger charge is -2.32. The Labute approximate surface area is 241 Å². The van der Waals surface area contributed by atoms with Crippen LogP contribution in [0.3, 0.4) is 0 Å². The van der Waals surface area contributed by atoms with Crippen molar-refractivity contribution in [3.05, 3.63) is 89.7 Å². The summed E-state index contributed by atoms with van der Waals surface area (Å²) in [7, 11) is -2.75. The lowest BCUT2D eigenvalue weighted by atomic mass is 10.1. The number of carbonyl (C=O) groups excluding carboxylic acids is 2. The topological polar surface area (TPSA) is 96.0 Å². The summed E-state index contributed by atoms with van der Waals surface area (Å²) in [5.74, 6) is -1.13. The molecular formula is C31H36FN3O5S. The average molecular weight is 582 g/mol. The van der Waals surface area contributed by atoms with E-state index in [4.69, 9.17) is 4.74 Å². The Kier molecular flexibility index (Phi) is 9.65. The summed E-state index contributed by atoms with van der Waals surface area (Å²) in [5.41, 5.74) is 1.31. The van der Waals surface area contributed by atoms with Gasteiger partial charge in [-0.3, -0.25) is 13.9 Å². The molecule has 1 atom stereocenters. The van der Waals surface area contributed by atoms with E-state index in [0.717, 1.165) is 35.6 Å². The van der Waals surface area contributed by atoms with Crippen LogP contribution in [0.25, 0.3) is 0 Å². The first-order valence-corrected chi connectivity index (χ1v) is 15.1. The third-order valence-corrected chi connectivity index (χ3v) is 9.18. The Bertz CT molecular complexity index is 1470. The van der Waals surface area contributed by atoms with Crippen LogP contribution in [0.2, 0.25) is 0 Å². The maximum atomic E-state index is 14.7. The molecule has 2 amide bonds. The SMILES string of the molecule is COc1cccc(N(CC(=O)N(Cc2ccccc2F)[C@H](C)C(=O)NC2CCCC2)S(=O)(=O)c2ccc(C)cc2)c1. The van der Waals surface area contributed by atoms with Crippen molar-refractivity contribution < 1.29 is 27.1 Å². The number of carbonyl (C=O) groups is 2. The maximum absolute atomic E-state index is 14.7. The molecule has 1 aliphatic rings. The van der Waals surface area contributed by atoms with Crippen LogP contribution in [0.1, 0.15) is 43.7 Å².